The SMILES string of the molecule is COCCCOP(=O)(OCCC#N)OC[C@H]1O[C@@H](n2ccc(=O)[nH]c2=O)[C@](C)(F)[C@@H]1O. The number of nitrogens with zero attached hydrogens (tertiary/aromatic N) is 2. The van der Waals surface area contributed by atoms with Crippen LogP contribution in [-0.2, 0) is 27.6 Å². The van der Waals surface area contributed by atoms with Crippen LogP contribution in [0.1, 0.15) is 26.0 Å². The van der Waals surface area contributed by atoms with E-state index in [1.54, 1.807) is 0 Å². The number of rotatable bonds is 12. The molecule has 1 aliphatic rings. The highest BCUT2D eigenvalue weighted by atomic mass is 31.2. The van der Waals surface area contributed by atoms with Crippen molar-refractivity contribution in [2.24, 2.45) is 0 Å². The first-order chi connectivity index (χ1) is 14.6. The number of hydrogen-bond acceptors (Lipinski definition) is 10. The van der Waals surface area contributed by atoms with E-state index in [0.29, 0.717) is 13.0 Å². The van der Waals surface area contributed by atoms with Crippen molar-refractivity contribution in [3.63, 3.8) is 0 Å². The minimum Gasteiger partial charge on any atom is -0.387 e. The van der Waals surface area contributed by atoms with Crippen LogP contribution in [0.15, 0.2) is 21.9 Å². The van der Waals surface area contributed by atoms with Crippen molar-refractivity contribution < 1.29 is 37.1 Å². The first kappa shape index (κ1) is 25.4. The molecule has 12 nitrogen and oxygen atoms in total. The van der Waals surface area contributed by atoms with Gasteiger partial charge in [-0.25, -0.2) is 13.8 Å². The summed E-state index contributed by atoms with van der Waals surface area (Å²) in [6.45, 7) is 0.482. The third-order valence-corrected chi connectivity index (χ3v) is 5.89. The number of alkyl halides is 1. The lowest BCUT2D eigenvalue weighted by Crippen LogP contribution is -2.43. The monoisotopic (exact) mass is 465 g/mol. The molecule has 174 valence electrons. The van der Waals surface area contributed by atoms with Gasteiger partial charge in [0.05, 0.1) is 32.3 Å². The number of ether oxygens (including phenoxy) is 2. The molecule has 5 atom stereocenters. The fraction of sp³-hybridized carbons (Fsp3) is 0.706. The second kappa shape index (κ2) is 11.1. The summed E-state index contributed by atoms with van der Waals surface area (Å²) in [6, 6.07) is 2.82. The second-order valence-electron chi connectivity index (χ2n) is 6.80. The molecule has 14 heteroatoms. The molecule has 0 radical (unpaired) electrons. The van der Waals surface area contributed by atoms with Gasteiger partial charge in [-0.3, -0.25) is 27.9 Å². The van der Waals surface area contributed by atoms with Gasteiger partial charge in [-0.05, 0) is 13.3 Å². The van der Waals surface area contributed by atoms with Crippen molar-refractivity contribution in [1.29, 1.82) is 5.26 Å². The Labute approximate surface area is 177 Å². The molecule has 2 N–H and O–H groups in total. The Morgan fingerprint density at radius 2 is 2.06 bits per heavy atom. The molecule has 0 amide bonds. The van der Waals surface area contributed by atoms with Gasteiger partial charge in [0.2, 0.25) is 0 Å². The van der Waals surface area contributed by atoms with Crippen molar-refractivity contribution in [2.75, 3.05) is 33.5 Å². The van der Waals surface area contributed by atoms with Gasteiger partial charge in [-0.15, -0.1) is 0 Å². The third kappa shape index (κ3) is 6.54. The van der Waals surface area contributed by atoms with Crippen molar-refractivity contribution in [2.45, 2.75) is 43.9 Å². The Kier molecular flexibility index (Phi) is 9.08. The molecule has 1 saturated heterocycles. The molecule has 2 rings (SSSR count). The van der Waals surface area contributed by atoms with Crippen LogP contribution in [0.3, 0.4) is 0 Å². The molecule has 1 fully saturated rings. The Bertz CT molecular complexity index is 928. The Balaban J connectivity index is 2.10. The lowest BCUT2D eigenvalue weighted by molar-refractivity contribution is -0.0620. The minimum absolute atomic E-state index is 0.0397. The highest BCUT2D eigenvalue weighted by Crippen LogP contribution is 2.51. The average molecular weight is 465 g/mol. The summed E-state index contributed by atoms with van der Waals surface area (Å²) in [5.41, 5.74) is -4.05. The fourth-order valence-electron chi connectivity index (χ4n) is 2.82. The smallest absolute Gasteiger partial charge is 0.387 e. The first-order valence-electron chi connectivity index (χ1n) is 9.38. The summed E-state index contributed by atoms with van der Waals surface area (Å²) < 4.78 is 54.5. The van der Waals surface area contributed by atoms with E-state index in [0.717, 1.165) is 23.8 Å². The van der Waals surface area contributed by atoms with E-state index in [9.17, 15) is 19.3 Å². The van der Waals surface area contributed by atoms with Crippen LogP contribution in [0.25, 0.3) is 0 Å². The molecule has 0 aliphatic carbocycles. The number of H-pyrrole nitrogens is 1. The van der Waals surface area contributed by atoms with Crippen molar-refractivity contribution in [3.8, 4) is 6.07 Å². The van der Waals surface area contributed by atoms with Crippen LogP contribution >= 0.6 is 7.82 Å². The molecule has 0 aromatic carbocycles. The van der Waals surface area contributed by atoms with E-state index in [1.807, 2.05) is 11.1 Å². The van der Waals surface area contributed by atoms with Crippen molar-refractivity contribution >= 4 is 7.82 Å². The largest absolute Gasteiger partial charge is 0.474 e. The molecule has 31 heavy (non-hydrogen) atoms. The molecule has 1 aromatic heterocycles. The van der Waals surface area contributed by atoms with E-state index in [-0.39, 0.29) is 19.6 Å². The number of phosphoric acid groups is 1. The van der Waals surface area contributed by atoms with Gasteiger partial charge in [-0.1, -0.05) is 0 Å². The van der Waals surface area contributed by atoms with Crippen LogP contribution in [-0.4, -0.2) is 66.1 Å². The summed E-state index contributed by atoms with van der Waals surface area (Å²) >= 11 is 0. The van der Waals surface area contributed by atoms with E-state index in [1.165, 1.54) is 7.11 Å². The first-order valence-corrected chi connectivity index (χ1v) is 10.8. The summed E-state index contributed by atoms with van der Waals surface area (Å²) in [5, 5.41) is 19.0. The van der Waals surface area contributed by atoms with E-state index < -0.39 is 49.8 Å². The Morgan fingerprint density at radius 1 is 1.35 bits per heavy atom. The molecule has 1 unspecified atom stereocenters. The summed E-state index contributed by atoms with van der Waals surface area (Å²) in [4.78, 5) is 25.2. The third-order valence-electron chi connectivity index (χ3n) is 4.42. The van der Waals surface area contributed by atoms with Crippen LogP contribution in [0.2, 0.25) is 0 Å². The van der Waals surface area contributed by atoms with Gasteiger partial charge in [0, 0.05) is 26.0 Å². The van der Waals surface area contributed by atoms with Gasteiger partial charge in [0.1, 0.15) is 12.2 Å². The van der Waals surface area contributed by atoms with Crippen LogP contribution in [0, 0.1) is 11.3 Å². The minimum atomic E-state index is -4.15. The second-order valence-corrected chi connectivity index (χ2v) is 8.47. The van der Waals surface area contributed by atoms with E-state index >= 15 is 4.39 Å². The zero-order valence-corrected chi connectivity index (χ0v) is 18.0. The summed E-state index contributed by atoms with van der Waals surface area (Å²) in [6.07, 6.45) is -3.34. The zero-order valence-electron chi connectivity index (χ0n) is 17.1. The topological polar surface area (TPSA) is 162 Å². The lowest BCUT2D eigenvalue weighted by Gasteiger charge is -2.24. The molecule has 0 spiro atoms. The molecular formula is C17H25FN3O9P. The number of halogens is 1. The Hall–Kier alpha value is -1.91. The van der Waals surface area contributed by atoms with Crippen molar-refractivity contribution in [1.82, 2.24) is 9.55 Å². The Morgan fingerprint density at radius 3 is 2.71 bits per heavy atom. The molecule has 0 bridgehead atoms. The number of nitriles is 1. The molecule has 1 aromatic rings. The van der Waals surface area contributed by atoms with Crippen LogP contribution in [0.4, 0.5) is 4.39 Å². The van der Waals surface area contributed by atoms with Gasteiger partial charge in [0.15, 0.2) is 11.9 Å². The van der Waals surface area contributed by atoms with Gasteiger partial charge in [-0.2, -0.15) is 5.26 Å². The summed E-state index contributed by atoms with van der Waals surface area (Å²) in [5.74, 6) is 0. The van der Waals surface area contributed by atoms with E-state index in [2.05, 4.69) is 0 Å². The number of methoxy groups -OCH3 is 1. The normalized spacial score (nSPS) is 27.6. The predicted molar refractivity (Wildman–Crippen MR) is 103 cm³/mol. The van der Waals surface area contributed by atoms with Gasteiger partial charge in [0.25, 0.3) is 5.56 Å². The number of phosphoric ester groups is 1. The highest BCUT2D eigenvalue weighted by Gasteiger charge is 2.55. The standard InChI is InChI=1S/C17H25FN3O9P/c1-17(18)14(23)12(30-15(17)21-7-5-13(22)20-16(21)24)11-29-31(25,27-9-3-6-19)28-10-4-8-26-2/h5,7,12,14-15,23H,3-4,8-11H2,1-2H3,(H,20,22,24)/t12-,14-,15-,17-,31?/m1/s1. The number of aliphatic hydroxyl groups excluding tert-OH is 1. The van der Waals surface area contributed by atoms with Gasteiger partial charge < -0.3 is 14.6 Å². The number of nitrogens with one attached hydrogen (secondary N) is 1. The van der Waals surface area contributed by atoms with Crippen LogP contribution < -0.4 is 11.2 Å². The summed E-state index contributed by atoms with van der Waals surface area (Å²) in [7, 11) is -2.67. The predicted octanol–water partition coefficient (Wildman–Crippen LogP) is 0.631. The van der Waals surface area contributed by atoms with E-state index in [4.69, 9.17) is 28.3 Å². The lowest BCUT2D eigenvalue weighted by atomic mass is 9.98. The quantitative estimate of drug-likeness (QED) is 0.331. The maximum Gasteiger partial charge on any atom is 0.474 e. The number of hydrogen-bond donors (Lipinski definition) is 2. The maximum absolute atomic E-state index is 15.2. The number of aromatic nitrogens is 2. The average Bonchev–Trinajstić information content (AvgIpc) is 2.94. The van der Waals surface area contributed by atoms with Crippen LogP contribution in [0.5, 0.6) is 0 Å². The fourth-order valence-corrected chi connectivity index (χ4v) is 4.04. The molecular weight excluding hydrogens is 440 g/mol. The highest BCUT2D eigenvalue weighted by molar-refractivity contribution is 7.48. The zero-order chi connectivity index (χ0) is 23.1. The molecule has 2 heterocycles. The number of aliphatic hydroxyl groups is 1. The van der Waals surface area contributed by atoms with Gasteiger partial charge >= 0.3 is 13.5 Å². The van der Waals surface area contributed by atoms with Crippen molar-refractivity contribution in [3.05, 3.63) is 33.1 Å². The molecule has 1 aliphatic heterocycles. The molecule has 0 saturated carbocycles. The maximum atomic E-state index is 15.2. The number of aromatic amines is 1.